The number of amides is 2. The van der Waals surface area contributed by atoms with Crippen LogP contribution in [0.1, 0.15) is 99.0 Å². The molecule has 48 heavy (non-hydrogen) atoms. The number of piperazine rings is 1. The molecular formula is C38H48N4O5S. The van der Waals surface area contributed by atoms with E-state index in [4.69, 9.17) is 4.74 Å². The Morgan fingerprint density at radius 3 is 2.52 bits per heavy atom. The van der Waals surface area contributed by atoms with Crippen molar-refractivity contribution in [2.45, 2.75) is 96.2 Å². The molecule has 0 radical (unpaired) electrons. The SMILES string of the molecule is CCS(=O)(=O)NC(=O)c1ccc2c(C3CCCCC3)c3n(c2c1)CC1(C(=O)N2C[C@@H]4C[C@H]2CN4CC(C)C)CC1c1cc(OC)ccc1-3. The minimum atomic E-state index is -3.72. The molecule has 9 nitrogen and oxygen atoms in total. The molecule has 4 atom stereocenters. The summed E-state index contributed by atoms with van der Waals surface area (Å²) in [5.74, 6) is 1.31. The largest absolute Gasteiger partial charge is 0.497 e. The molecule has 2 aliphatic carbocycles. The van der Waals surface area contributed by atoms with Gasteiger partial charge in [-0.25, -0.2) is 13.1 Å². The predicted molar refractivity (Wildman–Crippen MR) is 187 cm³/mol. The number of ether oxygens (including phenoxy) is 1. The number of sulfonamides is 1. The molecular weight excluding hydrogens is 625 g/mol. The molecule has 0 spiro atoms. The van der Waals surface area contributed by atoms with Crippen molar-refractivity contribution in [1.29, 1.82) is 0 Å². The Morgan fingerprint density at radius 2 is 1.83 bits per heavy atom. The maximum Gasteiger partial charge on any atom is 0.264 e. The van der Waals surface area contributed by atoms with E-state index in [1.54, 1.807) is 13.2 Å². The topological polar surface area (TPSA) is 101 Å². The maximum absolute atomic E-state index is 15.0. The van der Waals surface area contributed by atoms with E-state index in [-0.39, 0.29) is 23.6 Å². The lowest BCUT2D eigenvalue weighted by atomic mass is 9.81. The number of carbonyl (C=O) groups excluding carboxylic acids is 2. The minimum absolute atomic E-state index is 0.0799. The van der Waals surface area contributed by atoms with Gasteiger partial charge in [-0.05, 0) is 85.9 Å². The highest BCUT2D eigenvalue weighted by atomic mass is 32.2. The molecule has 8 rings (SSSR count). The quantitative estimate of drug-likeness (QED) is 0.321. The zero-order chi connectivity index (χ0) is 33.5. The summed E-state index contributed by atoms with van der Waals surface area (Å²) in [4.78, 5) is 33.0. The third-order valence-corrected chi connectivity index (χ3v) is 13.3. The molecule has 256 valence electrons. The van der Waals surface area contributed by atoms with Crippen LogP contribution in [0.15, 0.2) is 36.4 Å². The number of benzene rings is 2. The number of rotatable bonds is 8. The Bertz CT molecular complexity index is 1910. The first kappa shape index (κ1) is 31.9. The lowest BCUT2D eigenvalue weighted by Crippen LogP contribution is -2.52. The molecule has 10 heteroatoms. The molecule has 2 amide bonds. The Labute approximate surface area is 284 Å². The van der Waals surface area contributed by atoms with Crippen molar-refractivity contribution in [2.24, 2.45) is 11.3 Å². The Morgan fingerprint density at radius 1 is 1.04 bits per heavy atom. The van der Waals surface area contributed by atoms with Crippen LogP contribution in [0, 0.1) is 11.3 Å². The minimum Gasteiger partial charge on any atom is -0.497 e. The van der Waals surface area contributed by atoms with Gasteiger partial charge in [0.15, 0.2) is 0 Å². The molecule has 2 unspecified atom stereocenters. The normalized spacial score (nSPS) is 26.7. The van der Waals surface area contributed by atoms with E-state index in [1.165, 1.54) is 37.3 Å². The first-order valence-corrected chi connectivity index (χ1v) is 19.6. The van der Waals surface area contributed by atoms with Gasteiger partial charge in [-0.15, -0.1) is 0 Å². The lowest BCUT2D eigenvalue weighted by molar-refractivity contribution is -0.140. The third kappa shape index (κ3) is 5.08. The second-order valence-corrected chi connectivity index (χ2v) is 17.5. The predicted octanol–water partition coefficient (Wildman–Crippen LogP) is 5.87. The molecule has 3 aliphatic heterocycles. The number of aromatic nitrogens is 1. The van der Waals surface area contributed by atoms with Gasteiger partial charge in [0.25, 0.3) is 5.91 Å². The number of carbonyl (C=O) groups is 2. The number of hydrogen-bond acceptors (Lipinski definition) is 6. The summed E-state index contributed by atoms with van der Waals surface area (Å²) in [6, 6.07) is 12.7. The van der Waals surface area contributed by atoms with E-state index in [1.807, 2.05) is 18.2 Å². The number of nitrogens with zero attached hydrogens (tertiary/aromatic N) is 3. The van der Waals surface area contributed by atoms with Crippen molar-refractivity contribution in [3.8, 4) is 17.0 Å². The van der Waals surface area contributed by atoms with E-state index >= 15 is 0 Å². The van der Waals surface area contributed by atoms with Crippen LogP contribution in [-0.2, 0) is 21.4 Å². The van der Waals surface area contributed by atoms with Crippen LogP contribution in [0.4, 0.5) is 0 Å². The van der Waals surface area contributed by atoms with Gasteiger partial charge in [0, 0.05) is 66.2 Å². The van der Waals surface area contributed by atoms with Crippen molar-refractivity contribution < 1.29 is 22.7 Å². The molecule has 2 bridgehead atoms. The van der Waals surface area contributed by atoms with Crippen LogP contribution in [-0.4, -0.2) is 79.2 Å². The number of nitrogens with one attached hydrogen (secondary N) is 1. The zero-order valence-corrected chi connectivity index (χ0v) is 29.4. The molecule has 4 fully saturated rings. The number of hydrogen-bond donors (Lipinski definition) is 1. The summed E-state index contributed by atoms with van der Waals surface area (Å²) in [5.41, 5.74) is 5.41. The zero-order valence-electron chi connectivity index (χ0n) is 28.6. The van der Waals surface area contributed by atoms with E-state index in [9.17, 15) is 18.0 Å². The van der Waals surface area contributed by atoms with E-state index in [2.05, 4.69) is 45.1 Å². The molecule has 1 aromatic heterocycles. The van der Waals surface area contributed by atoms with E-state index < -0.39 is 21.3 Å². The van der Waals surface area contributed by atoms with Crippen LogP contribution in [0.2, 0.25) is 0 Å². The van der Waals surface area contributed by atoms with Crippen LogP contribution in [0.25, 0.3) is 22.2 Å². The summed E-state index contributed by atoms with van der Waals surface area (Å²) >= 11 is 0. The van der Waals surface area contributed by atoms with Gasteiger partial charge in [0.05, 0.1) is 24.0 Å². The van der Waals surface area contributed by atoms with Gasteiger partial charge >= 0.3 is 0 Å². The summed E-state index contributed by atoms with van der Waals surface area (Å²) in [5, 5.41) is 1.10. The van der Waals surface area contributed by atoms with Crippen molar-refractivity contribution in [2.75, 3.05) is 32.5 Å². The van der Waals surface area contributed by atoms with Crippen LogP contribution >= 0.6 is 0 Å². The van der Waals surface area contributed by atoms with E-state index in [0.29, 0.717) is 30.0 Å². The highest BCUT2D eigenvalue weighted by molar-refractivity contribution is 7.90. The molecule has 1 N–H and O–H groups in total. The highest BCUT2D eigenvalue weighted by Crippen LogP contribution is 2.66. The molecule has 4 heterocycles. The van der Waals surface area contributed by atoms with Gasteiger partial charge in [0.2, 0.25) is 15.9 Å². The second-order valence-electron chi connectivity index (χ2n) is 15.5. The summed E-state index contributed by atoms with van der Waals surface area (Å²) < 4.78 is 35.0. The molecule has 2 aromatic carbocycles. The average Bonchev–Trinajstić information content (AvgIpc) is 3.31. The first-order valence-electron chi connectivity index (χ1n) is 18.0. The maximum atomic E-state index is 15.0. The van der Waals surface area contributed by atoms with E-state index in [0.717, 1.165) is 73.2 Å². The first-order chi connectivity index (χ1) is 23.0. The van der Waals surface area contributed by atoms with Crippen LogP contribution < -0.4 is 9.46 Å². The van der Waals surface area contributed by atoms with Crippen LogP contribution in [0.5, 0.6) is 5.75 Å². The van der Waals surface area contributed by atoms with Gasteiger partial charge < -0.3 is 14.2 Å². The smallest absolute Gasteiger partial charge is 0.264 e. The van der Waals surface area contributed by atoms with Crippen molar-refractivity contribution in [3.63, 3.8) is 0 Å². The third-order valence-electron chi connectivity index (χ3n) is 12.1. The van der Waals surface area contributed by atoms with Gasteiger partial charge in [0.1, 0.15) is 5.75 Å². The summed E-state index contributed by atoms with van der Waals surface area (Å²) in [7, 11) is -2.02. The molecule has 5 aliphatic rings. The standard InChI is InChI=1S/C38H48N4O5S/c1-5-48(45,46)39-36(43)25-11-13-30-33(15-25)42-22-38(37(44)41-21-26-16-27(41)20-40(26)19-23(2)3)18-32(38)31-17-28(47-4)12-14-29(31)35(42)34(30)24-9-7-6-8-10-24/h11-15,17,23-24,26-27,32H,5-10,16,18-22H2,1-4H3,(H,39,43)/t26-,27-,32?,38?/m0/s1. The number of methoxy groups -OCH3 is 1. The molecule has 2 saturated heterocycles. The van der Waals surface area contributed by atoms with Crippen molar-refractivity contribution >= 4 is 32.7 Å². The van der Waals surface area contributed by atoms with Gasteiger partial charge in [-0.1, -0.05) is 39.2 Å². The van der Waals surface area contributed by atoms with Crippen LogP contribution in [0.3, 0.4) is 0 Å². The highest BCUT2D eigenvalue weighted by Gasteiger charge is 2.65. The summed E-state index contributed by atoms with van der Waals surface area (Å²) in [6.45, 7) is 9.39. The monoisotopic (exact) mass is 672 g/mol. The molecule has 3 aromatic rings. The Kier molecular flexibility index (Phi) is 7.71. The average molecular weight is 673 g/mol. The van der Waals surface area contributed by atoms with Crippen molar-refractivity contribution in [1.82, 2.24) is 19.1 Å². The molecule has 2 saturated carbocycles. The fourth-order valence-corrected chi connectivity index (χ4v) is 10.2. The van der Waals surface area contributed by atoms with Crippen molar-refractivity contribution in [3.05, 3.63) is 53.1 Å². The number of fused-ring (bicyclic) bond motifs is 9. The number of likely N-dealkylation sites (tertiary alicyclic amines) is 2. The lowest BCUT2D eigenvalue weighted by Gasteiger charge is -2.37. The fraction of sp³-hybridized carbons (Fsp3) is 0.579. The Hall–Kier alpha value is -3.37. The summed E-state index contributed by atoms with van der Waals surface area (Å²) in [6.07, 6.45) is 7.63. The van der Waals surface area contributed by atoms with Gasteiger partial charge in [-0.3, -0.25) is 14.5 Å². The fourth-order valence-electron chi connectivity index (χ4n) is 9.67. The Balaban J connectivity index is 1.27. The second kappa shape index (κ2) is 11.6. The van der Waals surface area contributed by atoms with Gasteiger partial charge in [-0.2, -0.15) is 0 Å².